The molecule has 1 aliphatic rings. The molecule has 0 bridgehead atoms. The molecule has 74 valence electrons. The third kappa shape index (κ3) is 1.38. The summed E-state index contributed by atoms with van der Waals surface area (Å²) in [7, 11) is 0. The van der Waals surface area contributed by atoms with Crippen molar-refractivity contribution in [2.24, 2.45) is 5.73 Å². The third-order valence-electron chi connectivity index (χ3n) is 2.04. The Bertz CT molecular complexity index is 378. The highest BCUT2D eigenvalue weighted by Crippen LogP contribution is 2.30. The van der Waals surface area contributed by atoms with Crippen LogP contribution in [0.1, 0.15) is 0 Å². The fraction of sp³-hybridized carbons (Fsp3) is 0.222. The van der Waals surface area contributed by atoms with Crippen molar-refractivity contribution in [3.63, 3.8) is 0 Å². The number of benzene rings is 1. The Morgan fingerprint density at radius 1 is 1.50 bits per heavy atom. The number of hydrogen-bond acceptors (Lipinski definition) is 4. The second-order valence-corrected chi connectivity index (χ2v) is 3.09. The maximum atomic E-state index is 11.3. The number of anilines is 2. The van der Waals surface area contributed by atoms with E-state index < -0.39 is 6.10 Å². The maximum absolute atomic E-state index is 11.3. The van der Waals surface area contributed by atoms with Crippen LogP contribution in [-0.4, -0.2) is 18.6 Å². The molecule has 1 unspecified atom stereocenters. The van der Waals surface area contributed by atoms with Gasteiger partial charge in [-0.3, -0.25) is 4.79 Å². The Balaban J connectivity index is 2.35. The van der Waals surface area contributed by atoms with Crippen LogP contribution in [0.15, 0.2) is 18.2 Å². The van der Waals surface area contributed by atoms with Gasteiger partial charge in [0.25, 0.3) is 5.91 Å². The summed E-state index contributed by atoms with van der Waals surface area (Å²) in [6, 6.07) is 5.08. The highest BCUT2D eigenvalue weighted by atomic mass is 16.5. The van der Waals surface area contributed by atoms with Gasteiger partial charge in [-0.2, -0.15) is 0 Å². The van der Waals surface area contributed by atoms with E-state index in [4.69, 9.17) is 16.2 Å². The molecule has 1 aromatic rings. The monoisotopic (exact) mass is 193 g/mol. The molecule has 1 heterocycles. The first-order valence-electron chi connectivity index (χ1n) is 4.28. The molecule has 0 spiro atoms. The van der Waals surface area contributed by atoms with E-state index in [1.807, 2.05) is 0 Å². The standard InChI is InChI=1S/C9H11N3O2/c10-4-8-9(13)12-6-3-5(11)1-2-7(6)14-8/h1-3,8H,4,10-11H2,(H,12,13). The molecule has 1 atom stereocenters. The molecule has 0 aromatic heterocycles. The van der Waals surface area contributed by atoms with E-state index in [1.54, 1.807) is 18.2 Å². The van der Waals surface area contributed by atoms with Crippen molar-refractivity contribution in [1.82, 2.24) is 0 Å². The number of nitrogens with two attached hydrogens (primary N) is 2. The quantitative estimate of drug-likeness (QED) is 0.544. The second kappa shape index (κ2) is 3.19. The van der Waals surface area contributed by atoms with Gasteiger partial charge in [-0.05, 0) is 18.2 Å². The zero-order valence-electron chi connectivity index (χ0n) is 7.49. The zero-order valence-corrected chi connectivity index (χ0v) is 7.49. The molecular weight excluding hydrogens is 182 g/mol. The average Bonchev–Trinajstić information content (AvgIpc) is 2.16. The molecule has 0 aliphatic carbocycles. The van der Waals surface area contributed by atoms with E-state index in [0.29, 0.717) is 17.1 Å². The lowest BCUT2D eigenvalue weighted by molar-refractivity contribution is -0.123. The van der Waals surface area contributed by atoms with Crippen LogP contribution in [0.3, 0.4) is 0 Å². The Labute approximate surface area is 81.0 Å². The number of hydrogen-bond donors (Lipinski definition) is 3. The largest absolute Gasteiger partial charge is 0.477 e. The molecular formula is C9H11N3O2. The van der Waals surface area contributed by atoms with E-state index in [9.17, 15) is 4.79 Å². The number of ether oxygens (including phenoxy) is 1. The summed E-state index contributed by atoms with van der Waals surface area (Å²) in [5.74, 6) is 0.375. The molecule has 1 aromatic carbocycles. The number of fused-ring (bicyclic) bond motifs is 1. The fourth-order valence-corrected chi connectivity index (χ4v) is 1.32. The molecule has 0 saturated heterocycles. The SMILES string of the molecule is NCC1Oc2ccc(N)cc2NC1=O. The molecule has 2 rings (SSSR count). The second-order valence-electron chi connectivity index (χ2n) is 3.09. The van der Waals surface area contributed by atoms with Crippen LogP contribution in [0.2, 0.25) is 0 Å². The highest BCUT2D eigenvalue weighted by Gasteiger charge is 2.25. The molecule has 1 aliphatic heterocycles. The molecule has 5 heteroatoms. The molecule has 0 saturated carbocycles. The van der Waals surface area contributed by atoms with Crippen LogP contribution in [-0.2, 0) is 4.79 Å². The number of carbonyl (C=O) groups excluding carboxylic acids is 1. The smallest absolute Gasteiger partial charge is 0.266 e. The van der Waals surface area contributed by atoms with Crippen LogP contribution in [0.25, 0.3) is 0 Å². The number of carbonyl (C=O) groups is 1. The normalized spacial score (nSPS) is 19.5. The molecule has 5 N–H and O–H groups in total. The lowest BCUT2D eigenvalue weighted by Gasteiger charge is -2.24. The topological polar surface area (TPSA) is 90.4 Å². The van der Waals surface area contributed by atoms with Crippen molar-refractivity contribution < 1.29 is 9.53 Å². The Morgan fingerprint density at radius 2 is 2.29 bits per heavy atom. The lowest BCUT2D eigenvalue weighted by Crippen LogP contribution is -2.42. The van der Waals surface area contributed by atoms with Crippen molar-refractivity contribution in [3.8, 4) is 5.75 Å². The molecule has 0 fully saturated rings. The van der Waals surface area contributed by atoms with Gasteiger partial charge in [0.2, 0.25) is 0 Å². The van der Waals surface area contributed by atoms with E-state index in [0.717, 1.165) is 0 Å². The van der Waals surface area contributed by atoms with Crippen LogP contribution in [0.4, 0.5) is 11.4 Å². The van der Waals surface area contributed by atoms with E-state index in [2.05, 4.69) is 5.32 Å². The highest BCUT2D eigenvalue weighted by molar-refractivity contribution is 5.98. The number of nitrogen functional groups attached to an aromatic ring is 1. The van der Waals surface area contributed by atoms with Crippen molar-refractivity contribution in [1.29, 1.82) is 0 Å². The summed E-state index contributed by atoms with van der Waals surface area (Å²) >= 11 is 0. The van der Waals surface area contributed by atoms with Gasteiger partial charge in [0.05, 0.1) is 5.69 Å². The molecule has 14 heavy (non-hydrogen) atoms. The average molecular weight is 193 g/mol. The molecule has 0 radical (unpaired) electrons. The van der Waals surface area contributed by atoms with Gasteiger partial charge in [-0.1, -0.05) is 0 Å². The van der Waals surface area contributed by atoms with Gasteiger partial charge in [0.15, 0.2) is 6.10 Å². The van der Waals surface area contributed by atoms with E-state index in [-0.39, 0.29) is 12.5 Å². The fourth-order valence-electron chi connectivity index (χ4n) is 1.32. The summed E-state index contributed by atoms with van der Waals surface area (Å²) < 4.78 is 5.36. The maximum Gasteiger partial charge on any atom is 0.266 e. The van der Waals surface area contributed by atoms with Crippen molar-refractivity contribution >= 4 is 17.3 Å². The predicted molar refractivity (Wildman–Crippen MR) is 53.0 cm³/mol. The number of rotatable bonds is 1. The summed E-state index contributed by atoms with van der Waals surface area (Å²) in [6.07, 6.45) is -0.605. The van der Waals surface area contributed by atoms with E-state index in [1.165, 1.54) is 0 Å². The number of nitrogens with one attached hydrogen (secondary N) is 1. The first kappa shape index (κ1) is 8.83. The first-order valence-corrected chi connectivity index (χ1v) is 4.28. The van der Waals surface area contributed by atoms with Gasteiger partial charge in [0, 0.05) is 12.2 Å². The van der Waals surface area contributed by atoms with Crippen molar-refractivity contribution in [3.05, 3.63) is 18.2 Å². The molecule has 1 amide bonds. The van der Waals surface area contributed by atoms with Crippen LogP contribution in [0, 0.1) is 0 Å². The van der Waals surface area contributed by atoms with Gasteiger partial charge in [-0.25, -0.2) is 0 Å². The summed E-state index contributed by atoms with van der Waals surface area (Å²) in [6.45, 7) is 0.162. The minimum absolute atomic E-state index is 0.162. The van der Waals surface area contributed by atoms with Crippen LogP contribution >= 0.6 is 0 Å². The van der Waals surface area contributed by atoms with Gasteiger partial charge in [0.1, 0.15) is 5.75 Å². The summed E-state index contributed by atoms with van der Waals surface area (Å²) in [5.41, 5.74) is 12.1. The zero-order chi connectivity index (χ0) is 10.1. The summed E-state index contributed by atoms with van der Waals surface area (Å²) in [5, 5.41) is 2.68. The first-order chi connectivity index (χ1) is 6.70. The Hall–Kier alpha value is -1.75. The van der Waals surface area contributed by atoms with E-state index >= 15 is 0 Å². The number of amides is 1. The van der Waals surface area contributed by atoms with Crippen molar-refractivity contribution in [2.45, 2.75) is 6.10 Å². The molecule has 5 nitrogen and oxygen atoms in total. The minimum Gasteiger partial charge on any atom is -0.477 e. The lowest BCUT2D eigenvalue weighted by atomic mass is 10.2. The van der Waals surface area contributed by atoms with Crippen LogP contribution < -0.4 is 21.5 Å². The Kier molecular flexibility index (Phi) is 2.01. The summed E-state index contributed by atoms with van der Waals surface area (Å²) in [4.78, 5) is 11.3. The van der Waals surface area contributed by atoms with Gasteiger partial charge >= 0.3 is 0 Å². The Morgan fingerprint density at radius 3 is 3.00 bits per heavy atom. The van der Waals surface area contributed by atoms with Crippen molar-refractivity contribution in [2.75, 3.05) is 17.6 Å². The third-order valence-corrected chi connectivity index (χ3v) is 2.04. The van der Waals surface area contributed by atoms with Gasteiger partial charge in [-0.15, -0.1) is 0 Å². The minimum atomic E-state index is -0.605. The van der Waals surface area contributed by atoms with Crippen LogP contribution in [0.5, 0.6) is 5.75 Å². The predicted octanol–water partition coefficient (Wildman–Crippen LogP) is -0.0730. The van der Waals surface area contributed by atoms with Gasteiger partial charge < -0.3 is 21.5 Å².